The van der Waals surface area contributed by atoms with Crippen LogP contribution in [0, 0.1) is 0 Å². The molecule has 0 saturated carbocycles. The Balaban J connectivity index is 1.94. The molecule has 1 heterocycles. The van der Waals surface area contributed by atoms with Gasteiger partial charge in [0.05, 0.1) is 12.4 Å². The molecular weight excluding hydrogens is 302 g/mol. The molecular formula is C18H23N5O. The maximum Gasteiger partial charge on any atom is 0.291 e. The SMILES string of the molecule is CCCN(CCC)c1ccc(/C=N/NC(=O)c2cnccn2)cc1. The minimum atomic E-state index is -0.381. The van der Waals surface area contributed by atoms with Crippen molar-refractivity contribution < 1.29 is 4.79 Å². The van der Waals surface area contributed by atoms with Gasteiger partial charge in [0.2, 0.25) is 0 Å². The molecule has 0 saturated heterocycles. The summed E-state index contributed by atoms with van der Waals surface area (Å²) in [5, 5.41) is 3.96. The number of carbonyl (C=O) groups is 1. The van der Waals surface area contributed by atoms with E-state index in [1.165, 1.54) is 24.3 Å². The highest BCUT2D eigenvalue weighted by molar-refractivity contribution is 5.92. The van der Waals surface area contributed by atoms with Gasteiger partial charge in [-0.2, -0.15) is 5.10 Å². The Labute approximate surface area is 142 Å². The minimum Gasteiger partial charge on any atom is -0.372 e. The third-order valence-corrected chi connectivity index (χ3v) is 3.42. The van der Waals surface area contributed by atoms with E-state index in [-0.39, 0.29) is 11.6 Å². The van der Waals surface area contributed by atoms with Crippen LogP contribution < -0.4 is 10.3 Å². The molecule has 1 aromatic carbocycles. The van der Waals surface area contributed by atoms with Gasteiger partial charge in [-0.3, -0.25) is 9.78 Å². The van der Waals surface area contributed by atoms with E-state index >= 15 is 0 Å². The fourth-order valence-corrected chi connectivity index (χ4v) is 2.32. The van der Waals surface area contributed by atoms with E-state index in [4.69, 9.17) is 0 Å². The monoisotopic (exact) mass is 325 g/mol. The number of benzene rings is 1. The van der Waals surface area contributed by atoms with Crippen LogP contribution in [0.4, 0.5) is 5.69 Å². The number of carbonyl (C=O) groups excluding carboxylic acids is 1. The summed E-state index contributed by atoms with van der Waals surface area (Å²) in [5.41, 5.74) is 4.81. The topological polar surface area (TPSA) is 70.5 Å². The first kappa shape index (κ1) is 17.6. The van der Waals surface area contributed by atoms with Crippen molar-refractivity contribution in [2.45, 2.75) is 26.7 Å². The van der Waals surface area contributed by atoms with Crippen molar-refractivity contribution in [2.75, 3.05) is 18.0 Å². The molecule has 0 atom stereocenters. The van der Waals surface area contributed by atoms with Crippen LogP contribution in [0.5, 0.6) is 0 Å². The summed E-state index contributed by atoms with van der Waals surface area (Å²) < 4.78 is 0. The molecule has 0 aliphatic rings. The van der Waals surface area contributed by atoms with Crippen LogP contribution in [-0.2, 0) is 0 Å². The minimum absolute atomic E-state index is 0.236. The number of anilines is 1. The van der Waals surface area contributed by atoms with Crippen LogP contribution in [0.25, 0.3) is 0 Å². The summed E-state index contributed by atoms with van der Waals surface area (Å²) in [6.07, 6.45) is 8.24. The summed E-state index contributed by atoms with van der Waals surface area (Å²) in [4.78, 5) is 21.9. The molecule has 2 rings (SSSR count). The highest BCUT2D eigenvalue weighted by Crippen LogP contribution is 2.15. The highest BCUT2D eigenvalue weighted by atomic mass is 16.2. The number of hydrogen-bond acceptors (Lipinski definition) is 5. The highest BCUT2D eigenvalue weighted by Gasteiger charge is 2.05. The van der Waals surface area contributed by atoms with Gasteiger partial charge in [-0.25, -0.2) is 10.4 Å². The molecule has 0 bridgehead atoms. The van der Waals surface area contributed by atoms with Crippen molar-refractivity contribution >= 4 is 17.8 Å². The first-order chi connectivity index (χ1) is 11.7. The van der Waals surface area contributed by atoms with Crippen molar-refractivity contribution in [1.29, 1.82) is 0 Å². The molecule has 6 heteroatoms. The summed E-state index contributed by atoms with van der Waals surface area (Å²) in [5.74, 6) is -0.381. The lowest BCUT2D eigenvalue weighted by atomic mass is 10.2. The van der Waals surface area contributed by atoms with Crippen molar-refractivity contribution in [3.05, 3.63) is 54.1 Å². The molecule has 0 fully saturated rings. The number of hydrogen-bond donors (Lipinski definition) is 1. The summed E-state index contributed by atoms with van der Waals surface area (Å²) >= 11 is 0. The lowest BCUT2D eigenvalue weighted by Gasteiger charge is -2.23. The molecule has 2 aromatic rings. The Bertz CT molecular complexity index is 649. The average molecular weight is 325 g/mol. The fraction of sp³-hybridized carbons (Fsp3) is 0.333. The smallest absolute Gasteiger partial charge is 0.291 e. The van der Waals surface area contributed by atoms with Gasteiger partial charge >= 0.3 is 0 Å². The Hall–Kier alpha value is -2.76. The summed E-state index contributed by atoms with van der Waals surface area (Å²) in [7, 11) is 0. The van der Waals surface area contributed by atoms with Gasteiger partial charge in [0.25, 0.3) is 5.91 Å². The molecule has 6 nitrogen and oxygen atoms in total. The maximum atomic E-state index is 11.8. The van der Waals surface area contributed by atoms with E-state index in [9.17, 15) is 4.79 Å². The Kier molecular flexibility index (Phi) is 6.89. The molecule has 1 N–H and O–H groups in total. The van der Waals surface area contributed by atoms with Crippen molar-refractivity contribution in [2.24, 2.45) is 5.10 Å². The molecule has 0 unspecified atom stereocenters. The molecule has 1 amide bonds. The van der Waals surface area contributed by atoms with Gasteiger partial charge in [0.1, 0.15) is 5.69 Å². The zero-order valence-electron chi connectivity index (χ0n) is 14.1. The average Bonchev–Trinajstić information content (AvgIpc) is 2.63. The van der Waals surface area contributed by atoms with E-state index in [0.29, 0.717) is 0 Å². The largest absolute Gasteiger partial charge is 0.372 e. The number of nitrogens with zero attached hydrogens (tertiary/aromatic N) is 4. The third kappa shape index (κ3) is 5.15. The standard InChI is InChI=1S/C18H23N5O/c1-3-11-23(12-4-2)16-7-5-15(6-8-16)13-21-22-18(24)17-14-19-9-10-20-17/h5-10,13-14H,3-4,11-12H2,1-2H3,(H,22,24)/b21-13+. The third-order valence-electron chi connectivity index (χ3n) is 3.42. The second-order valence-electron chi connectivity index (χ2n) is 5.37. The van der Waals surface area contributed by atoms with Crippen LogP contribution in [0.15, 0.2) is 48.0 Å². The first-order valence-corrected chi connectivity index (χ1v) is 8.19. The lowest BCUT2D eigenvalue weighted by molar-refractivity contribution is 0.0949. The second-order valence-corrected chi connectivity index (χ2v) is 5.37. The molecule has 0 aliphatic heterocycles. The number of amides is 1. The Morgan fingerprint density at radius 2 is 1.88 bits per heavy atom. The number of hydrazone groups is 1. The quantitative estimate of drug-likeness (QED) is 0.598. The molecule has 1 aromatic heterocycles. The number of rotatable bonds is 8. The van der Waals surface area contributed by atoms with E-state index in [1.54, 1.807) is 6.21 Å². The van der Waals surface area contributed by atoms with Gasteiger partial charge < -0.3 is 4.90 Å². The first-order valence-electron chi connectivity index (χ1n) is 8.19. The zero-order valence-corrected chi connectivity index (χ0v) is 14.1. The van der Waals surface area contributed by atoms with Crippen LogP contribution >= 0.6 is 0 Å². The molecule has 24 heavy (non-hydrogen) atoms. The maximum absolute atomic E-state index is 11.8. The van der Waals surface area contributed by atoms with Crippen LogP contribution in [-0.4, -0.2) is 35.2 Å². The predicted molar refractivity (Wildman–Crippen MR) is 96.3 cm³/mol. The van der Waals surface area contributed by atoms with Gasteiger partial charge in [0, 0.05) is 31.2 Å². The molecule has 126 valence electrons. The van der Waals surface area contributed by atoms with Crippen molar-refractivity contribution in [3.8, 4) is 0 Å². The summed E-state index contributed by atoms with van der Waals surface area (Å²) in [6.45, 7) is 6.47. The van der Waals surface area contributed by atoms with Gasteiger partial charge in [-0.15, -0.1) is 0 Å². The van der Waals surface area contributed by atoms with Gasteiger partial charge in [-0.05, 0) is 30.5 Å². The Morgan fingerprint density at radius 1 is 1.17 bits per heavy atom. The fourth-order valence-electron chi connectivity index (χ4n) is 2.32. The van der Waals surface area contributed by atoms with Crippen LogP contribution in [0.2, 0.25) is 0 Å². The summed E-state index contributed by atoms with van der Waals surface area (Å²) in [6, 6.07) is 8.14. The zero-order chi connectivity index (χ0) is 17.2. The van der Waals surface area contributed by atoms with E-state index in [2.05, 4.69) is 51.4 Å². The molecule has 0 radical (unpaired) electrons. The van der Waals surface area contributed by atoms with E-state index in [1.807, 2.05) is 12.1 Å². The van der Waals surface area contributed by atoms with Crippen LogP contribution in [0.3, 0.4) is 0 Å². The normalized spacial score (nSPS) is 10.8. The van der Waals surface area contributed by atoms with Crippen LogP contribution in [0.1, 0.15) is 42.7 Å². The number of aromatic nitrogens is 2. The molecule has 0 spiro atoms. The predicted octanol–water partition coefficient (Wildman–Crippen LogP) is 2.87. The lowest BCUT2D eigenvalue weighted by Crippen LogP contribution is -2.24. The molecule has 0 aliphatic carbocycles. The Morgan fingerprint density at radius 3 is 2.46 bits per heavy atom. The van der Waals surface area contributed by atoms with Crippen molar-refractivity contribution in [3.63, 3.8) is 0 Å². The van der Waals surface area contributed by atoms with Crippen molar-refractivity contribution in [1.82, 2.24) is 15.4 Å². The second kappa shape index (κ2) is 9.39. The van der Waals surface area contributed by atoms with Gasteiger partial charge in [0.15, 0.2) is 0 Å². The van der Waals surface area contributed by atoms with Gasteiger partial charge in [-0.1, -0.05) is 26.0 Å². The van der Waals surface area contributed by atoms with E-state index < -0.39 is 0 Å². The van der Waals surface area contributed by atoms with E-state index in [0.717, 1.165) is 31.5 Å². The number of nitrogens with one attached hydrogen (secondary N) is 1.